The van der Waals surface area contributed by atoms with Crippen LogP contribution in [-0.2, 0) is 0 Å². The lowest BCUT2D eigenvalue weighted by molar-refractivity contribution is 0.0857. The Kier molecular flexibility index (Phi) is 8.19. The fourth-order valence-electron chi connectivity index (χ4n) is 3.10. The van der Waals surface area contributed by atoms with Crippen molar-refractivity contribution in [2.75, 3.05) is 26.2 Å². The maximum absolute atomic E-state index is 13.3. The van der Waals surface area contributed by atoms with Gasteiger partial charge in [-0.25, -0.2) is 4.39 Å². The van der Waals surface area contributed by atoms with E-state index in [1.54, 1.807) is 12.1 Å². The quantitative estimate of drug-likeness (QED) is 0.878. The first-order valence-corrected chi connectivity index (χ1v) is 7.10. The molecular weight excluding hydrogens is 310 g/mol. The minimum atomic E-state index is -0.144. The lowest BCUT2D eigenvalue weighted by Crippen LogP contribution is -2.48. The van der Waals surface area contributed by atoms with Crippen LogP contribution in [0, 0.1) is 18.2 Å². The molecule has 1 aliphatic rings. The first kappa shape index (κ1) is 20.6. The van der Waals surface area contributed by atoms with Crippen molar-refractivity contribution in [3.63, 3.8) is 0 Å². The van der Waals surface area contributed by atoms with Crippen molar-refractivity contribution < 1.29 is 4.39 Å². The Labute approximate surface area is 140 Å². The fourth-order valence-corrected chi connectivity index (χ4v) is 3.10. The molecule has 0 radical (unpaired) electrons. The van der Waals surface area contributed by atoms with E-state index in [0.29, 0.717) is 6.04 Å². The number of hydrogen-bond acceptors (Lipinski definition) is 2. The zero-order chi connectivity index (χ0) is 14.0. The van der Waals surface area contributed by atoms with Crippen molar-refractivity contribution in [1.82, 2.24) is 10.2 Å². The standard InChI is InChI=1S/C16H25FN2.2ClH/c1-12-11-13(17)5-6-14(12)15(16(2,3)4)19-9-7-18-8-10-19;;/h5-6,11,15,18H,7-10H2,1-4H3;2*1H/t15-;;/m1../s1. The molecule has 0 aliphatic carbocycles. The highest BCUT2D eigenvalue weighted by Gasteiger charge is 2.33. The van der Waals surface area contributed by atoms with Crippen LogP contribution in [0.4, 0.5) is 4.39 Å². The summed E-state index contributed by atoms with van der Waals surface area (Å²) in [5.41, 5.74) is 2.45. The molecule has 2 nitrogen and oxygen atoms in total. The van der Waals surface area contributed by atoms with E-state index in [1.807, 2.05) is 13.0 Å². The van der Waals surface area contributed by atoms with Crippen molar-refractivity contribution in [3.8, 4) is 0 Å². The third-order valence-corrected chi connectivity index (χ3v) is 3.86. The van der Waals surface area contributed by atoms with Gasteiger partial charge in [0.25, 0.3) is 0 Å². The monoisotopic (exact) mass is 336 g/mol. The molecule has 1 aromatic rings. The molecule has 21 heavy (non-hydrogen) atoms. The van der Waals surface area contributed by atoms with E-state index in [-0.39, 0.29) is 36.0 Å². The van der Waals surface area contributed by atoms with E-state index in [1.165, 1.54) is 5.56 Å². The van der Waals surface area contributed by atoms with Gasteiger partial charge in [-0.05, 0) is 35.6 Å². The minimum Gasteiger partial charge on any atom is -0.314 e. The van der Waals surface area contributed by atoms with Crippen LogP contribution in [0.1, 0.15) is 37.9 Å². The Balaban J connectivity index is 0.00000200. The summed E-state index contributed by atoms with van der Waals surface area (Å²) >= 11 is 0. The van der Waals surface area contributed by atoms with E-state index in [4.69, 9.17) is 0 Å². The zero-order valence-corrected chi connectivity index (χ0v) is 14.9. The van der Waals surface area contributed by atoms with Gasteiger partial charge in [0.1, 0.15) is 5.82 Å². The molecule has 1 saturated heterocycles. The molecule has 0 bridgehead atoms. The van der Waals surface area contributed by atoms with Gasteiger partial charge in [-0.2, -0.15) is 0 Å². The Morgan fingerprint density at radius 1 is 1.14 bits per heavy atom. The average molecular weight is 337 g/mol. The van der Waals surface area contributed by atoms with Gasteiger partial charge in [0.05, 0.1) is 0 Å². The molecule has 122 valence electrons. The van der Waals surface area contributed by atoms with Crippen molar-refractivity contribution in [1.29, 1.82) is 0 Å². The smallest absolute Gasteiger partial charge is 0.123 e. The van der Waals surface area contributed by atoms with E-state index in [2.05, 4.69) is 31.0 Å². The maximum atomic E-state index is 13.3. The molecule has 1 heterocycles. The van der Waals surface area contributed by atoms with Crippen LogP contribution in [0.2, 0.25) is 0 Å². The number of nitrogens with one attached hydrogen (secondary N) is 1. The first-order chi connectivity index (χ1) is 8.89. The van der Waals surface area contributed by atoms with Crippen molar-refractivity contribution >= 4 is 24.8 Å². The molecule has 1 aromatic carbocycles. The molecule has 0 aromatic heterocycles. The summed E-state index contributed by atoms with van der Waals surface area (Å²) in [6, 6.07) is 5.54. The molecule has 0 amide bonds. The largest absolute Gasteiger partial charge is 0.314 e. The molecule has 0 saturated carbocycles. The molecular formula is C16H27Cl2FN2. The lowest BCUT2D eigenvalue weighted by atomic mass is 9.79. The van der Waals surface area contributed by atoms with E-state index in [0.717, 1.165) is 31.7 Å². The number of hydrogen-bond donors (Lipinski definition) is 1. The van der Waals surface area contributed by atoms with Crippen LogP contribution in [0.15, 0.2) is 18.2 Å². The fraction of sp³-hybridized carbons (Fsp3) is 0.625. The number of aryl methyl sites for hydroxylation is 1. The Hall–Kier alpha value is -0.350. The first-order valence-electron chi connectivity index (χ1n) is 7.10. The Morgan fingerprint density at radius 2 is 1.71 bits per heavy atom. The van der Waals surface area contributed by atoms with E-state index in [9.17, 15) is 4.39 Å². The predicted octanol–water partition coefficient (Wildman–Crippen LogP) is 3.97. The zero-order valence-electron chi connectivity index (χ0n) is 13.3. The summed E-state index contributed by atoms with van der Waals surface area (Å²) in [4.78, 5) is 2.52. The van der Waals surface area contributed by atoms with Crippen molar-refractivity contribution in [3.05, 3.63) is 35.1 Å². The van der Waals surface area contributed by atoms with Crippen molar-refractivity contribution in [2.24, 2.45) is 5.41 Å². The molecule has 2 rings (SSSR count). The molecule has 0 spiro atoms. The number of nitrogens with zero attached hydrogens (tertiary/aromatic N) is 1. The summed E-state index contributed by atoms with van der Waals surface area (Å²) in [7, 11) is 0. The highest BCUT2D eigenvalue weighted by atomic mass is 35.5. The number of halogens is 3. The summed E-state index contributed by atoms with van der Waals surface area (Å²) in [6.45, 7) is 13.0. The molecule has 1 fully saturated rings. The van der Waals surface area contributed by atoms with Crippen LogP contribution < -0.4 is 5.32 Å². The highest BCUT2D eigenvalue weighted by molar-refractivity contribution is 5.85. The lowest BCUT2D eigenvalue weighted by Gasteiger charge is -2.43. The van der Waals surface area contributed by atoms with Gasteiger partial charge >= 0.3 is 0 Å². The van der Waals surface area contributed by atoms with Gasteiger partial charge in [-0.15, -0.1) is 24.8 Å². The molecule has 5 heteroatoms. The molecule has 1 atom stereocenters. The van der Waals surface area contributed by atoms with Gasteiger partial charge < -0.3 is 5.32 Å². The third-order valence-electron chi connectivity index (χ3n) is 3.86. The van der Waals surface area contributed by atoms with Crippen LogP contribution in [0.25, 0.3) is 0 Å². The topological polar surface area (TPSA) is 15.3 Å². The second-order valence-electron chi connectivity index (χ2n) is 6.56. The van der Waals surface area contributed by atoms with Gasteiger partial charge in [0.15, 0.2) is 0 Å². The normalized spacial score (nSPS) is 17.6. The molecule has 1 N–H and O–H groups in total. The Bertz CT molecular complexity index is 440. The number of benzene rings is 1. The summed E-state index contributed by atoms with van der Waals surface area (Å²) in [5, 5.41) is 3.39. The average Bonchev–Trinajstić information content (AvgIpc) is 2.32. The third kappa shape index (κ3) is 5.10. The van der Waals surface area contributed by atoms with Gasteiger partial charge in [0, 0.05) is 32.2 Å². The van der Waals surface area contributed by atoms with Gasteiger partial charge in [-0.3, -0.25) is 4.90 Å². The maximum Gasteiger partial charge on any atom is 0.123 e. The van der Waals surface area contributed by atoms with Crippen LogP contribution >= 0.6 is 24.8 Å². The van der Waals surface area contributed by atoms with Gasteiger partial charge in [0.2, 0.25) is 0 Å². The predicted molar refractivity (Wildman–Crippen MR) is 92.3 cm³/mol. The number of piperazine rings is 1. The Morgan fingerprint density at radius 3 is 2.19 bits per heavy atom. The SMILES string of the molecule is Cc1cc(F)ccc1[C@@H](N1CCNCC1)C(C)(C)C.Cl.Cl. The summed E-state index contributed by atoms with van der Waals surface area (Å²) in [6.07, 6.45) is 0. The van der Waals surface area contributed by atoms with Crippen molar-refractivity contribution in [2.45, 2.75) is 33.7 Å². The van der Waals surface area contributed by atoms with Crippen LogP contribution in [0.3, 0.4) is 0 Å². The molecule has 0 unspecified atom stereocenters. The number of rotatable bonds is 2. The van der Waals surface area contributed by atoms with Crippen LogP contribution in [-0.4, -0.2) is 31.1 Å². The van der Waals surface area contributed by atoms with E-state index >= 15 is 0 Å². The minimum absolute atomic E-state index is 0. The van der Waals surface area contributed by atoms with E-state index < -0.39 is 0 Å². The summed E-state index contributed by atoms with van der Waals surface area (Å²) < 4.78 is 13.3. The molecule has 1 aliphatic heterocycles. The van der Waals surface area contributed by atoms with Crippen LogP contribution in [0.5, 0.6) is 0 Å². The van der Waals surface area contributed by atoms with Gasteiger partial charge in [-0.1, -0.05) is 26.8 Å². The highest BCUT2D eigenvalue weighted by Crippen LogP contribution is 2.39. The summed E-state index contributed by atoms with van der Waals surface area (Å²) in [5.74, 6) is -0.144. The second kappa shape index (κ2) is 8.33. The second-order valence-corrected chi connectivity index (χ2v) is 6.56.